The highest BCUT2D eigenvalue weighted by atomic mass is 16.4. The number of aliphatic carboxylic acids is 2. The van der Waals surface area contributed by atoms with E-state index >= 15 is 0 Å². The third kappa shape index (κ3) is 29.0. The SMILES string of the molecule is CC[C@@H](O)/C=C/C=C\C[C@@H](O)/C=C/C=C/C=C\[C@@H](O)CCCC(=O)O.N[C@@H](CCCC[NH3+])C(=O)N[C@@H](CCCC[NH3+])C(=O)[O-]. The van der Waals surface area contributed by atoms with Gasteiger partial charge in [0.1, 0.15) is 0 Å². The maximum atomic E-state index is 11.7. The van der Waals surface area contributed by atoms with Crippen molar-refractivity contribution in [2.24, 2.45) is 5.73 Å². The summed E-state index contributed by atoms with van der Waals surface area (Å²) in [6, 6.07) is -1.63. The molecule has 0 fully saturated rings. The number of allylic oxidation sites excluding steroid dienone is 6. The van der Waals surface area contributed by atoms with Gasteiger partial charge in [0.15, 0.2) is 0 Å². The van der Waals surface area contributed by atoms with E-state index < -0.39 is 48.2 Å². The highest BCUT2D eigenvalue weighted by molar-refractivity contribution is 5.86. The molecule has 13 N–H and O–H groups in total. The van der Waals surface area contributed by atoms with Gasteiger partial charge in [-0.05, 0) is 64.2 Å². The monoisotopic (exact) mass is 625 g/mol. The largest absolute Gasteiger partial charge is 0.548 e. The number of carbonyl (C=O) groups excluding carboxylic acids is 2. The van der Waals surface area contributed by atoms with Crippen molar-refractivity contribution in [2.75, 3.05) is 13.1 Å². The number of nitrogens with one attached hydrogen (secondary N) is 1. The lowest BCUT2D eigenvalue weighted by atomic mass is 10.1. The van der Waals surface area contributed by atoms with Gasteiger partial charge in [0.05, 0.1) is 49.5 Å². The molecule has 12 heteroatoms. The van der Waals surface area contributed by atoms with Crippen molar-refractivity contribution in [3.05, 3.63) is 60.8 Å². The molecule has 0 aliphatic rings. The number of hydrogen-bond donors (Lipinski definition) is 8. The van der Waals surface area contributed by atoms with Crippen LogP contribution in [0, 0.1) is 0 Å². The maximum absolute atomic E-state index is 11.7. The van der Waals surface area contributed by atoms with E-state index in [9.17, 15) is 34.8 Å². The first-order chi connectivity index (χ1) is 21.0. The Morgan fingerprint density at radius 2 is 1.32 bits per heavy atom. The van der Waals surface area contributed by atoms with Crippen molar-refractivity contribution in [1.82, 2.24) is 5.32 Å². The van der Waals surface area contributed by atoms with Gasteiger partial charge in [0, 0.05) is 6.42 Å². The second-order valence-corrected chi connectivity index (χ2v) is 10.3. The molecule has 1 amide bonds. The average molecular weight is 626 g/mol. The predicted molar refractivity (Wildman–Crippen MR) is 168 cm³/mol. The van der Waals surface area contributed by atoms with Crippen LogP contribution < -0.4 is 27.6 Å². The molecule has 0 aromatic carbocycles. The molecule has 0 bridgehead atoms. The quantitative estimate of drug-likeness (QED) is 0.0497. The summed E-state index contributed by atoms with van der Waals surface area (Å²) in [5, 5.41) is 50.5. The predicted octanol–water partition coefficient (Wildman–Crippen LogP) is -0.722. The number of quaternary nitrogens is 2. The number of carboxylic acids is 2. The van der Waals surface area contributed by atoms with Crippen LogP contribution in [0.1, 0.15) is 77.6 Å². The number of aliphatic hydroxyl groups is 3. The Hall–Kier alpha value is -3.13. The molecule has 0 saturated carbocycles. The second-order valence-electron chi connectivity index (χ2n) is 10.3. The number of carboxylic acid groups (broad SMARTS) is 2. The van der Waals surface area contributed by atoms with Crippen LogP contribution in [-0.4, -0.2) is 81.8 Å². The van der Waals surface area contributed by atoms with Gasteiger partial charge in [-0.25, -0.2) is 0 Å². The highest BCUT2D eigenvalue weighted by Gasteiger charge is 2.18. The lowest BCUT2D eigenvalue weighted by molar-refractivity contribution is -0.369. The summed E-state index contributed by atoms with van der Waals surface area (Å²) in [5.41, 5.74) is 13.1. The van der Waals surface area contributed by atoms with Gasteiger partial charge in [0.2, 0.25) is 5.91 Å². The molecule has 44 heavy (non-hydrogen) atoms. The van der Waals surface area contributed by atoms with Crippen molar-refractivity contribution >= 4 is 17.8 Å². The molecule has 5 atom stereocenters. The second kappa shape index (κ2) is 29.9. The van der Waals surface area contributed by atoms with E-state index in [0.29, 0.717) is 44.9 Å². The van der Waals surface area contributed by atoms with Gasteiger partial charge in [-0.3, -0.25) is 9.59 Å². The van der Waals surface area contributed by atoms with Gasteiger partial charge in [-0.2, -0.15) is 0 Å². The van der Waals surface area contributed by atoms with Gasteiger partial charge in [-0.15, -0.1) is 0 Å². The van der Waals surface area contributed by atoms with Gasteiger partial charge in [0.25, 0.3) is 0 Å². The van der Waals surface area contributed by atoms with Gasteiger partial charge >= 0.3 is 5.97 Å². The van der Waals surface area contributed by atoms with E-state index in [2.05, 4.69) is 16.8 Å². The summed E-state index contributed by atoms with van der Waals surface area (Å²) in [7, 11) is 0. The van der Waals surface area contributed by atoms with Crippen LogP contribution in [0.15, 0.2) is 60.8 Å². The van der Waals surface area contributed by atoms with Crippen molar-refractivity contribution < 1.29 is 51.4 Å². The minimum atomic E-state index is -1.26. The van der Waals surface area contributed by atoms with Crippen LogP contribution in [0.5, 0.6) is 0 Å². The number of carbonyl (C=O) groups is 3. The summed E-state index contributed by atoms with van der Waals surface area (Å²) in [6.07, 6.45) is 21.8. The molecule has 0 rings (SSSR count). The Labute approximate surface area is 262 Å². The molecular formula is C32H57N4O8+. The maximum Gasteiger partial charge on any atom is 0.303 e. The molecule has 12 nitrogen and oxygen atoms in total. The average Bonchev–Trinajstić information content (AvgIpc) is 2.98. The van der Waals surface area contributed by atoms with E-state index in [1.54, 1.807) is 54.7 Å². The van der Waals surface area contributed by atoms with Crippen LogP contribution in [-0.2, 0) is 14.4 Å². The zero-order valence-corrected chi connectivity index (χ0v) is 26.3. The fourth-order valence-electron chi connectivity index (χ4n) is 3.50. The van der Waals surface area contributed by atoms with Crippen molar-refractivity contribution in [2.45, 2.75) is 108 Å². The molecule has 0 aromatic rings. The molecule has 0 aromatic heterocycles. The van der Waals surface area contributed by atoms with E-state index in [1.165, 1.54) is 0 Å². The Morgan fingerprint density at radius 3 is 1.86 bits per heavy atom. The Balaban J connectivity index is 0. The van der Waals surface area contributed by atoms with Crippen LogP contribution in [0.3, 0.4) is 0 Å². The third-order valence-corrected chi connectivity index (χ3v) is 6.21. The van der Waals surface area contributed by atoms with E-state index in [1.807, 2.05) is 13.0 Å². The summed E-state index contributed by atoms with van der Waals surface area (Å²) in [4.78, 5) is 33.0. The lowest BCUT2D eigenvalue weighted by Crippen LogP contribution is -2.53. The lowest BCUT2D eigenvalue weighted by Gasteiger charge is -2.21. The van der Waals surface area contributed by atoms with E-state index in [4.69, 9.17) is 10.8 Å². The molecule has 0 spiro atoms. The van der Waals surface area contributed by atoms with Crippen molar-refractivity contribution in [1.29, 1.82) is 0 Å². The van der Waals surface area contributed by atoms with Crippen molar-refractivity contribution in [3.8, 4) is 0 Å². The fourth-order valence-corrected chi connectivity index (χ4v) is 3.50. The first kappa shape index (κ1) is 43.0. The number of aliphatic hydroxyl groups excluding tert-OH is 3. The standard InChI is InChI=1S/C20H30O5.C12H26N4O3/c1-2-17(21)11-8-5-9-14-18(22)12-6-3-4-7-13-19(23)15-10-16-20(24)25;13-7-3-1-5-9(15)11(17)16-10(12(18)19)6-2-4-8-14/h3-9,11-13,17-19,21-23H,2,10,14-16H2,1H3,(H,24,25);9-10H,1-8,13-15H2,(H,16,17)(H,18,19)/p+1/b4-3+,9-5-,11-8+,12-6+,13-7-;/t17-,18+,19-;9-,10-/m10/s1. The number of nitrogens with two attached hydrogens (primary N) is 1. The molecule has 0 aliphatic heterocycles. The molecule has 0 saturated heterocycles. The molecule has 0 heterocycles. The molecule has 252 valence electrons. The van der Waals surface area contributed by atoms with Gasteiger partial charge < -0.3 is 52.8 Å². The number of amides is 1. The van der Waals surface area contributed by atoms with Crippen molar-refractivity contribution in [3.63, 3.8) is 0 Å². The van der Waals surface area contributed by atoms with Crippen LogP contribution in [0.2, 0.25) is 0 Å². The van der Waals surface area contributed by atoms with E-state index in [0.717, 1.165) is 32.4 Å². The summed E-state index contributed by atoms with van der Waals surface area (Å²) in [5.74, 6) is -2.54. The molecule has 0 aliphatic carbocycles. The zero-order valence-electron chi connectivity index (χ0n) is 26.3. The normalized spacial score (nSPS) is 15.4. The highest BCUT2D eigenvalue weighted by Crippen LogP contribution is 2.04. The van der Waals surface area contributed by atoms with Crippen LogP contribution >= 0.6 is 0 Å². The minimum Gasteiger partial charge on any atom is -0.548 e. The van der Waals surface area contributed by atoms with Crippen LogP contribution in [0.4, 0.5) is 0 Å². The summed E-state index contributed by atoms with van der Waals surface area (Å²) in [6.45, 7) is 3.45. The molecule has 0 radical (unpaired) electrons. The summed E-state index contributed by atoms with van der Waals surface area (Å²) < 4.78 is 0. The smallest absolute Gasteiger partial charge is 0.303 e. The first-order valence-corrected chi connectivity index (χ1v) is 15.4. The summed E-state index contributed by atoms with van der Waals surface area (Å²) >= 11 is 0. The Bertz CT molecular complexity index is 905. The topological polar surface area (TPSA) is 249 Å². The van der Waals surface area contributed by atoms with Crippen LogP contribution in [0.25, 0.3) is 0 Å². The minimum absolute atomic E-state index is 0.0603. The Kier molecular flexibility index (Phi) is 29.2. The fraction of sp³-hybridized carbons (Fsp3) is 0.594. The number of hydrogen-bond acceptors (Lipinski definition) is 8. The number of unbranched alkanes of at least 4 members (excludes halogenated alkanes) is 2. The van der Waals surface area contributed by atoms with Gasteiger partial charge in [-0.1, -0.05) is 67.7 Å². The number of rotatable bonds is 24. The molecule has 0 unspecified atom stereocenters. The third-order valence-electron chi connectivity index (χ3n) is 6.21. The first-order valence-electron chi connectivity index (χ1n) is 15.4. The molecular weight excluding hydrogens is 568 g/mol. The zero-order chi connectivity index (χ0) is 33.6. The Morgan fingerprint density at radius 1 is 0.773 bits per heavy atom. The van der Waals surface area contributed by atoms with E-state index in [-0.39, 0.29) is 6.42 Å².